The Kier molecular flexibility index (Phi) is 5.55. The number of hydrogen-bond acceptors (Lipinski definition) is 4. The van der Waals surface area contributed by atoms with Crippen LogP contribution in [-0.2, 0) is 16.1 Å². The molecule has 0 aliphatic carbocycles. The van der Waals surface area contributed by atoms with Gasteiger partial charge < -0.3 is 14.7 Å². The number of amides is 1. The van der Waals surface area contributed by atoms with Crippen LogP contribution in [0.15, 0.2) is 11.4 Å². The van der Waals surface area contributed by atoms with Gasteiger partial charge in [-0.1, -0.05) is 11.8 Å². The van der Waals surface area contributed by atoms with Gasteiger partial charge in [0.25, 0.3) is 5.91 Å². The van der Waals surface area contributed by atoms with Crippen molar-refractivity contribution in [2.75, 3.05) is 20.8 Å². The monoisotopic (exact) mass is 281 g/mol. The van der Waals surface area contributed by atoms with Crippen LogP contribution < -0.4 is 0 Å². The smallest absolute Gasteiger partial charge is 0.254 e. The molecule has 0 spiro atoms. The molecule has 0 saturated heterocycles. The predicted octanol–water partition coefficient (Wildman–Crippen LogP) is 1.48. The third kappa shape index (κ3) is 4.35. The van der Waals surface area contributed by atoms with E-state index in [9.17, 15) is 4.79 Å². The lowest BCUT2D eigenvalue weighted by molar-refractivity contribution is -0.150. The van der Waals surface area contributed by atoms with E-state index in [1.807, 2.05) is 11.4 Å². The van der Waals surface area contributed by atoms with Crippen LogP contribution >= 0.6 is 11.3 Å². The summed E-state index contributed by atoms with van der Waals surface area (Å²) < 4.78 is 5.18. The first-order valence-electron chi connectivity index (χ1n) is 5.88. The molecule has 104 valence electrons. The van der Waals surface area contributed by atoms with Crippen molar-refractivity contribution in [2.24, 2.45) is 0 Å². The molecule has 0 radical (unpaired) electrons. The molecule has 19 heavy (non-hydrogen) atoms. The van der Waals surface area contributed by atoms with Crippen LogP contribution in [0.5, 0.6) is 0 Å². The van der Waals surface area contributed by atoms with Crippen LogP contribution in [0.25, 0.3) is 0 Å². The number of methoxy groups -OCH3 is 1. The van der Waals surface area contributed by atoms with Crippen molar-refractivity contribution in [1.29, 1.82) is 0 Å². The van der Waals surface area contributed by atoms with E-state index in [0.29, 0.717) is 6.54 Å². The highest BCUT2D eigenvalue weighted by molar-refractivity contribution is 7.10. The molecule has 0 saturated carbocycles. The van der Waals surface area contributed by atoms with E-state index in [2.05, 4.69) is 11.8 Å². The summed E-state index contributed by atoms with van der Waals surface area (Å²) in [5, 5.41) is 10.5. The Hall–Kier alpha value is -1.35. The van der Waals surface area contributed by atoms with Gasteiger partial charge in [0, 0.05) is 30.0 Å². The number of ether oxygens (including phenoxy) is 1. The summed E-state index contributed by atoms with van der Waals surface area (Å²) in [4.78, 5) is 14.8. The summed E-state index contributed by atoms with van der Waals surface area (Å²) in [6.07, 6.45) is 0. The molecular weight excluding hydrogens is 262 g/mol. The molecule has 1 aromatic rings. The number of hydrogen-bond donors (Lipinski definition) is 1. The van der Waals surface area contributed by atoms with Crippen molar-refractivity contribution in [3.05, 3.63) is 21.9 Å². The maximum atomic E-state index is 12.1. The highest BCUT2D eigenvalue weighted by Gasteiger charge is 2.30. The van der Waals surface area contributed by atoms with Crippen molar-refractivity contribution in [2.45, 2.75) is 26.0 Å². The minimum Gasteiger partial charge on any atom is -0.384 e. The van der Waals surface area contributed by atoms with E-state index in [0.717, 1.165) is 10.4 Å². The molecule has 1 aromatic heterocycles. The zero-order valence-corrected chi connectivity index (χ0v) is 12.5. The molecule has 0 aliphatic heterocycles. The van der Waals surface area contributed by atoms with Crippen molar-refractivity contribution >= 4 is 17.2 Å². The van der Waals surface area contributed by atoms with Crippen molar-refractivity contribution in [3.8, 4) is 11.8 Å². The first kappa shape index (κ1) is 15.7. The Labute approximate surface area is 118 Å². The van der Waals surface area contributed by atoms with E-state index < -0.39 is 5.60 Å². The number of rotatable bonds is 4. The number of aliphatic hydroxyl groups excluding tert-OH is 1. The fourth-order valence-electron chi connectivity index (χ4n) is 1.52. The Morgan fingerprint density at radius 3 is 2.84 bits per heavy atom. The first-order chi connectivity index (χ1) is 8.90. The molecule has 4 nitrogen and oxygen atoms in total. The van der Waals surface area contributed by atoms with Crippen LogP contribution in [0.4, 0.5) is 0 Å². The molecule has 1 heterocycles. The van der Waals surface area contributed by atoms with Gasteiger partial charge in [-0.25, -0.2) is 0 Å². The van der Waals surface area contributed by atoms with E-state index in [-0.39, 0.29) is 12.5 Å². The second kappa shape index (κ2) is 6.71. The first-order valence-corrected chi connectivity index (χ1v) is 6.76. The highest BCUT2D eigenvalue weighted by Crippen LogP contribution is 2.18. The second-order valence-corrected chi connectivity index (χ2v) is 5.63. The maximum absolute atomic E-state index is 12.1. The summed E-state index contributed by atoms with van der Waals surface area (Å²) >= 11 is 1.55. The average Bonchev–Trinajstić information content (AvgIpc) is 2.82. The molecule has 0 atom stereocenters. The van der Waals surface area contributed by atoms with Crippen LogP contribution in [0, 0.1) is 11.8 Å². The van der Waals surface area contributed by atoms with Crippen molar-refractivity contribution in [3.63, 3.8) is 0 Å². The Morgan fingerprint density at radius 2 is 2.26 bits per heavy atom. The van der Waals surface area contributed by atoms with E-state index in [1.54, 1.807) is 37.1 Å². The minimum atomic E-state index is -0.814. The van der Waals surface area contributed by atoms with Crippen molar-refractivity contribution in [1.82, 2.24) is 4.90 Å². The van der Waals surface area contributed by atoms with Crippen LogP contribution in [-0.4, -0.2) is 42.3 Å². The second-order valence-electron chi connectivity index (χ2n) is 4.64. The zero-order chi connectivity index (χ0) is 14.5. The van der Waals surface area contributed by atoms with Gasteiger partial charge in [-0.3, -0.25) is 4.79 Å². The summed E-state index contributed by atoms with van der Waals surface area (Å²) in [6, 6.07) is 1.93. The number of carbonyl (C=O) groups is 1. The van der Waals surface area contributed by atoms with Gasteiger partial charge in [0.2, 0.25) is 0 Å². The predicted molar refractivity (Wildman–Crippen MR) is 75.8 cm³/mol. The Balaban J connectivity index is 2.69. The summed E-state index contributed by atoms with van der Waals surface area (Å²) in [5.74, 6) is 5.38. The van der Waals surface area contributed by atoms with Gasteiger partial charge >= 0.3 is 0 Å². The van der Waals surface area contributed by atoms with Gasteiger partial charge in [-0.15, -0.1) is 11.3 Å². The average molecular weight is 281 g/mol. The third-order valence-corrected chi connectivity index (χ3v) is 3.65. The maximum Gasteiger partial charge on any atom is 0.254 e. The standard InChI is InChI=1S/C14H19NO3S/c1-14(2,18-4)13(17)15(3)9-12-8-11(10-19-12)6-5-7-16/h8,10,16H,7,9H2,1-4H3. The van der Waals surface area contributed by atoms with Gasteiger partial charge in [0.1, 0.15) is 12.2 Å². The summed E-state index contributed by atoms with van der Waals surface area (Å²) in [5.41, 5.74) is 0.0480. The molecular formula is C14H19NO3S. The topological polar surface area (TPSA) is 49.8 Å². The lowest BCUT2D eigenvalue weighted by Gasteiger charge is -2.27. The third-order valence-electron chi connectivity index (χ3n) is 2.73. The zero-order valence-electron chi connectivity index (χ0n) is 11.7. The van der Waals surface area contributed by atoms with E-state index >= 15 is 0 Å². The quantitative estimate of drug-likeness (QED) is 0.850. The van der Waals surface area contributed by atoms with Gasteiger partial charge in [0.15, 0.2) is 0 Å². The van der Waals surface area contributed by atoms with E-state index in [1.165, 1.54) is 7.11 Å². The number of nitrogens with zero attached hydrogens (tertiary/aromatic N) is 1. The van der Waals surface area contributed by atoms with Crippen LogP contribution in [0.1, 0.15) is 24.3 Å². The summed E-state index contributed by atoms with van der Waals surface area (Å²) in [7, 11) is 3.28. The highest BCUT2D eigenvalue weighted by atomic mass is 32.1. The number of likely N-dealkylation sites (N-methyl/N-ethyl adjacent to an activating group) is 1. The van der Waals surface area contributed by atoms with Gasteiger partial charge in [-0.05, 0) is 19.9 Å². The lowest BCUT2D eigenvalue weighted by Crippen LogP contribution is -2.44. The van der Waals surface area contributed by atoms with Crippen LogP contribution in [0.2, 0.25) is 0 Å². The Bertz CT molecular complexity index is 496. The lowest BCUT2D eigenvalue weighted by atomic mass is 10.1. The van der Waals surface area contributed by atoms with E-state index in [4.69, 9.17) is 9.84 Å². The number of aliphatic hydroxyl groups is 1. The molecule has 1 amide bonds. The minimum absolute atomic E-state index is 0.0635. The Morgan fingerprint density at radius 1 is 1.58 bits per heavy atom. The molecule has 0 aromatic carbocycles. The van der Waals surface area contributed by atoms with Gasteiger partial charge in [0.05, 0.1) is 6.54 Å². The molecule has 0 aliphatic rings. The number of thiophene rings is 1. The normalized spacial score (nSPS) is 10.8. The fraction of sp³-hybridized carbons (Fsp3) is 0.500. The van der Waals surface area contributed by atoms with Crippen LogP contribution in [0.3, 0.4) is 0 Å². The van der Waals surface area contributed by atoms with Gasteiger partial charge in [-0.2, -0.15) is 0 Å². The molecule has 0 fully saturated rings. The molecule has 1 rings (SSSR count). The summed E-state index contributed by atoms with van der Waals surface area (Å²) in [6.45, 7) is 3.87. The SMILES string of the molecule is COC(C)(C)C(=O)N(C)Cc1cc(C#CCO)cs1. The number of carbonyl (C=O) groups excluding carboxylic acids is 1. The molecule has 0 unspecified atom stereocenters. The molecule has 5 heteroatoms. The van der Waals surface area contributed by atoms with Crippen molar-refractivity contribution < 1.29 is 14.6 Å². The molecule has 1 N–H and O–H groups in total. The fourth-order valence-corrected chi connectivity index (χ4v) is 2.39. The largest absolute Gasteiger partial charge is 0.384 e. The molecule has 0 bridgehead atoms.